The van der Waals surface area contributed by atoms with E-state index < -0.39 is 5.54 Å². The highest BCUT2D eigenvalue weighted by molar-refractivity contribution is 6.36. The fourth-order valence-electron chi connectivity index (χ4n) is 5.16. The first-order valence-corrected chi connectivity index (χ1v) is 11.5. The van der Waals surface area contributed by atoms with Gasteiger partial charge in [0.2, 0.25) is 5.91 Å². The van der Waals surface area contributed by atoms with Crippen molar-refractivity contribution >= 4 is 46.4 Å². The van der Waals surface area contributed by atoms with Crippen LogP contribution in [-0.2, 0) is 10.3 Å². The van der Waals surface area contributed by atoms with Crippen molar-refractivity contribution < 1.29 is 4.79 Å². The maximum absolute atomic E-state index is 13.1. The van der Waals surface area contributed by atoms with Crippen molar-refractivity contribution in [1.82, 2.24) is 10.3 Å². The maximum atomic E-state index is 13.1. The zero-order valence-corrected chi connectivity index (χ0v) is 19.5. The Kier molecular flexibility index (Phi) is 5.40. The number of anilines is 1. The highest BCUT2D eigenvalue weighted by Crippen LogP contribution is 2.57. The number of nitrogens with one attached hydrogen (secondary N) is 1. The minimum Gasteiger partial charge on any atom is -0.352 e. The molecule has 2 aromatic carbocycles. The largest absolute Gasteiger partial charge is 0.352 e. The first-order chi connectivity index (χ1) is 15.4. The third-order valence-electron chi connectivity index (χ3n) is 6.42. The van der Waals surface area contributed by atoms with E-state index in [9.17, 15) is 4.79 Å². The minimum atomic E-state index is -0.747. The molecule has 0 aliphatic carbocycles. The van der Waals surface area contributed by atoms with Crippen LogP contribution in [0, 0.1) is 5.92 Å². The molecule has 3 aromatic rings. The van der Waals surface area contributed by atoms with Crippen molar-refractivity contribution in [3.63, 3.8) is 0 Å². The van der Waals surface area contributed by atoms with Gasteiger partial charge in [-0.25, -0.2) is 0 Å². The van der Waals surface area contributed by atoms with Gasteiger partial charge in [-0.05, 0) is 42.0 Å². The summed E-state index contributed by atoms with van der Waals surface area (Å²) in [5.41, 5.74) is 3.73. The second-order valence-corrected chi connectivity index (χ2v) is 9.31. The predicted molar refractivity (Wildman–Crippen MR) is 129 cm³/mol. The lowest BCUT2D eigenvalue weighted by atomic mass is 9.72. The number of amides is 1. The van der Waals surface area contributed by atoms with Gasteiger partial charge in [-0.2, -0.15) is 0 Å². The SMILES string of the molecule is CC1C2=C(CCNC2=O)N(c2ccc(Cl)cc2Cl)C1(c1ccc(Cl)cc1)c1cccnc1. The average molecular weight is 485 g/mol. The van der Waals surface area contributed by atoms with Gasteiger partial charge in [-0.1, -0.05) is 59.9 Å². The van der Waals surface area contributed by atoms with Gasteiger partial charge in [0.25, 0.3) is 0 Å². The summed E-state index contributed by atoms with van der Waals surface area (Å²) >= 11 is 19.2. The normalized spacial score (nSPS) is 22.7. The smallest absolute Gasteiger partial charge is 0.249 e. The summed E-state index contributed by atoms with van der Waals surface area (Å²) in [7, 11) is 0. The first-order valence-electron chi connectivity index (χ1n) is 10.4. The minimum absolute atomic E-state index is 0.0476. The topological polar surface area (TPSA) is 45.2 Å². The number of hydrogen-bond acceptors (Lipinski definition) is 3. The van der Waals surface area contributed by atoms with E-state index >= 15 is 0 Å². The Balaban J connectivity index is 1.88. The van der Waals surface area contributed by atoms with Crippen LogP contribution in [-0.4, -0.2) is 17.4 Å². The van der Waals surface area contributed by atoms with Gasteiger partial charge < -0.3 is 10.2 Å². The zero-order valence-electron chi connectivity index (χ0n) is 17.3. The molecule has 1 aromatic heterocycles. The highest BCUT2D eigenvalue weighted by atomic mass is 35.5. The lowest BCUT2D eigenvalue weighted by Crippen LogP contribution is -2.47. The summed E-state index contributed by atoms with van der Waals surface area (Å²) in [4.78, 5) is 19.8. The molecule has 1 N–H and O–H groups in total. The maximum Gasteiger partial charge on any atom is 0.249 e. The van der Waals surface area contributed by atoms with Crippen LogP contribution in [0.1, 0.15) is 24.5 Å². The molecule has 162 valence electrons. The fraction of sp³-hybridized carbons (Fsp3) is 0.200. The summed E-state index contributed by atoms with van der Waals surface area (Å²) in [6, 6.07) is 17.2. The van der Waals surface area contributed by atoms with Crippen LogP contribution in [0.2, 0.25) is 15.1 Å². The number of carbonyl (C=O) groups is 1. The predicted octanol–water partition coefficient (Wildman–Crippen LogP) is 6.22. The van der Waals surface area contributed by atoms with E-state index in [2.05, 4.69) is 22.1 Å². The molecule has 2 aliphatic heterocycles. The van der Waals surface area contributed by atoms with E-state index in [0.717, 1.165) is 28.1 Å². The van der Waals surface area contributed by atoms with Crippen molar-refractivity contribution in [1.29, 1.82) is 0 Å². The Hall–Kier alpha value is -2.53. The first kappa shape index (κ1) is 21.3. The standard InChI is InChI=1S/C25H20Cl3N3O/c1-15-23-22(10-12-30-24(23)32)31(21-9-8-19(27)13-20(21)28)25(15,17-3-2-11-29-14-17)16-4-6-18(26)7-5-16/h2-9,11,13-15H,10,12H2,1H3,(H,30,32). The number of nitrogens with zero attached hydrogens (tertiary/aromatic N) is 2. The van der Waals surface area contributed by atoms with Crippen LogP contribution in [0.25, 0.3) is 0 Å². The van der Waals surface area contributed by atoms with Crippen molar-refractivity contribution in [2.24, 2.45) is 5.92 Å². The molecule has 2 aliphatic rings. The lowest BCUT2D eigenvalue weighted by molar-refractivity contribution is -0.118. The second-order valence-electron chi connectivity index (χ2n) is 8.03. The molecule has 0 spiro atoms. The van der Waals surface area contributed by atoms with E-state index in [1.807, 2.05) is 54.7 Å². The molecule has 7 heteroatoms. The van der Waals surface area contributed by atoms with E-state index in [1.54, 1.807) is 12.3 Å². The molecular weight excluding hydrogens is 465 g/mol. The van der Waals surface area contributed by atoms with Crippen molar-refractivity contribution in [3.8, 4) is 0 Å². The molecule has 1 amide bonds. The molecular formula is C25H20Cl3N3O. The quantitative estimate of drug-likeness (QED) is 0.480. The van der Waals surface area contributed by atoms with Crippen molar-refractivity contribution in [2.75, 3.05) is 11.4 Å². The van der Waals surface area contributed by atoms with Gasteiger partial charge in [-0.15, -0.1) is 0 Å². The van der Waals surface area contributed by atoms with Gasteiger partial charge in [0.15, 0.2) is 0 Å². The second kappa shape index (κ2) is 8.11. The summed E-state index contributed by atoms with van der Waals surface area (Å²) < 4.78 is 0. The van der Waals surface area contributed by atoms with E-state index in [-0.39, 0.29) is 11.8 Å². The molecule has 0 radical (unpaired) electrons. The van der Waals surface area contributed by atoms with Gasteiger partial charge in [0, 0.05) is 58.2 Å². The van der Waals surface area contributed by atoms with Crippen LogP contribution in [0.15, 0.2) is 78.3 Å². The van der Waals surface area contributed by atoms with E-state index in [4.69, 9.17) is 34.8 Å². The molecule has 2 atom stereocenters. The molecule has 5 rings (SSSR count). The van der Waals surface area contributed by atoms with Crippen LogP contribution >= 0.6 is 34.8 Å². The summed E-state index contributed by atoms with van der Waals surface area (Å²) in [6.45, 7) is 2.65. The average Bonchev–Trinajstić information content (AvgIpc) is 3.05. The molecule has 3 heterocycles. The molecule has 0 saturated carbocycles. The Morgan fingerprint density at radius 1 is 1.03 bits per heavy atom. The van der Waals surface area contributed by atoms with Gasteiger partial charge in [0.05, 0.1) is 10.7 Å². The summed E-state index contributed by atoms with van der Waals surface area (Å²) in [5, 5.41) is 4.74. The summed E-state index contributed by atoms with van der Waals surface area (Å²) in [6.07, 6.45) is 4.30. The number of benzene rings is 2. The monoisotopic (exact) mass is 483 g/mol. The van der Waals surface area contributed by atoms with Gasteiger partial charge >= 0.3 is 0 Å². The Morgan fingerprint density at radius 2 is 1.78 bits per heavy atom. The lowest BCUT2D eigenvalue weighted by Gasteiger charge is -2.45. The fourth-order valence-corrected chi connectivity index (χ4v) is 5.78. The number of pyridine rings is 1. The van der Waals surface area contributed by atoms with Crippen LogP contribution in [0.4, 0.5) is 5.69 Å². The van der Waals surface area contributed by atoms with Gasteiger partial charge in [0.1, 0.15) is 5.54 Å². The molecule has 0 bridgehead atoms. The molecule has 4 nitrogen and oxygen atoms in total. The number of halogens is 3. The summed E-state index contributed by atoms with van der Waals surface area (Å²) in [5.74, 6) is -0.233. The third kappa shape index (κ3) is 3.13. The molecule has 0 saturated heterocycles. The van der Waals surface area contributed by atoms with Gasteiger partial charge in [-0.3, -0.25) is 9.78 Å². The van der Waals surface area contributed by atoms with Crippen molar-refractivity contribution in [2.45, 2.75) is 18.9 Å². The number of aromatic nitrogens is 1. The highest BCUT2D eigenvalue weighted by Gasteiger charge is 2.56. The number of rotatable bonds is 3. The Labute approximate surface area is 201 Å². The molecule has 32 heavy (non-hydrogen) atoms. The van der Waals surface area contributed by atoms with Crippen LogP contribution in [0.5, 0.6) is 0 Å². The molecule has 0 fully saturated rings. The third-order valence-corrected chi connectivity index (χ3v) is 7.21. The van der Waals surface area contributed by atoms with E-state index in [1.165, 1.54) is 0 Å². The Morgan fingerprint density at radius 3 is 2.47 bits per heavy atom. The van der Waals surface area contributed by atoms with E-state index in [0.29, 0.717) is 28.0 Å². The number of carbonyl (C=O) groups excluding carboxylic acids is 1. The van der Waals surface area contributed by atoms with Crippen LogP contribution in [0.3, 0.4) is 0 Å². The van der Waals surface area contributed by atoms with Crippen molar-refractivity contribution in [3.05, 3.63) is 104 Å². The zero-order chi connectivity index (χ0) is 22.5. The molecule has 2 unspecified atom stereocenters. The van der Waals surface area contributed by atoms with Crippen LogP contribution < -0.4 is 10.2 Å². The Bertz CT molecular complexity index is 1230. The number of hydrogen-bond donors (Lipinski definition) is 1.